The third-order valence-electron chi connectivity index (χ3n) is 3.49. The molecule has 21 heavy (non-hydrogen) atoms. The molecule has 5 heteroatoms. The quantitative estimate of drug-likeness (QED) is 0.888. The Balaban J connectivity index is 2.07. The highest BCUT2D eigenvalue weighted by atomic mass is 35.5. The average molecular weight is 311 g/mol. The Hall–Kier alpha value is -1.39. The number of aliphatic hydroxyl groups excluding tert-OH is 1. The molecule has 1 heterocycles. The molecule has 0 saturated carbocycles. The van der Waals surface area contributed by atoms with Gasteiger partial charge in [0.2, 0.25) is 0 Å². The minimum Gasteiger partial charge on any atom is -0.392 e. The minimum atomic E-state index is -0.570. The molecule has 0 aliphatic carbocycles. The van der Waals surface area contributed by atoms with Crippen molar-refractivity contribution in [3.63, 3.8) is 0 Å². The van der Waals surface area contributed by atoms with Crippen molar-refractivity contribution in [2.24, 2.45) is 0 Å². The largest absolute Gasteiger partial charge is 0.392 e. The van der Waals surface area contributed by atoms with Gasteiger partial charge < -0.3 is 5.11 Å². The zero-order valence-electron chi connectivity index (χ0n) is 12.3. The number of halogens is 2. The van der Waals surface area contributed by atoms with Crippen molar-refractivity contribution in [3.8, 4) is 0 Å². The van der Waals surface area contributed by atoms with Gasteiger partial charge in [-0.25, -0.2) is 4.39 Å². The summed E-state index contributed by atoms with van der Waals surface area (Å²) < 4.78 is 14.9. The number of rotatable bonds is 6. The molecule has 0 aliphatic rings. The fourth-order valence-electron chi connectivity index (χ4n) is 2.38. The lowest BCUT2D eigenvalue weighted by molar-refractivity contribution is 0.172. The van der Waals surface area contributed by atoms with Crippen LogP contribution in [0.3, 0.4) is 0 Å². The van der Waals surface area contributed by atoms with Crippen LogP contribution in [0, 0.1) is 5.82 Å². The topological polar surface area (TPSA) is 38.0 Å². The highest BCUT2D eigenvalue weighted by Gasteiger charge is 2.14. The van der Waals surface area contributed by atoms with Gasteiger partial charge in [-0.15, -0.1) is 0 Å². The second-order valence-electron chi connectivity index (χ2n) is 5.09. The lowest BCUT2D eigenvalue weighted by atomic mass is 10.0. The van der Waals surface area contributed by atoms with Crippen LogP contribution < -0.4 is 0 Å². The summed E-state index contributed by atoms with van der Waals surface area (Å²) in [6.45, 7) is 4.86. The van der Waals surface area contributed by atoms with Gasteiger partial charge in [-0.1, -0.05) is 24.6 Å². The Kier molecular flexibility index (Phi) is 5.37. The molecular weight excluding hydrogens is 291 g/mol. The molecule has 1 aromatic carbocycles. The van der Waals surface area contributed by atoms with E-state index < -0.39 is 6.10 Å². The van der Waals surface area contributed by atoms with Crippen LogP contribution in [0.15, 0.2) is 24.3 Å². The summed E-state index contributed by atoms with van der Waals surface area (Å²) in [5.74, 6) is -0.366. The lowest BCUT2D eigenvalue weighted by Gasteiger charge is -2.12. The molecule has 0 bridgehead atoms. The van der Waals surface area contributed by atoms with E-state index in [-0.39, 0.29) is 5.82 Å². The second-order valence-corrected chi connectivity index (χ2v) is 5.50. The molecule has 0 aliphatic heterocycles. The van der Waals surface area contributed by atoms with E-state index in [1.165, 1.54) is 12.1 Å². The Labute approximate surface area is 129 Å². The summed E-state index contributed by atoms with van der Waals surface area (Å²) in [7, 11) is 0. The number of nitrogens with zero attached hydrogens (tertiary/aromatic N) is 2. The molecular formula is C16H20ClFN2O. The highest BCUT2D eigenvalue weighted by molar-refractivity contribution is 6.31. The lowest BCUT2D eigenvalue weighted by Crippen LogP contribution is -2.17. The maximum atomic E-state index is 13.0. The fraction of sp³-hybridized carbons (Fsp3) is 0.438. The van der Waals surface area contributed by atoms with Gasteiger partial charge in [0.1, 0.15) is 5.82 Å². The standard InChI is InChI=1S/C16H20ClFN2O/c1-3-13-9-14(20(4-2)19-13)10-15(21)7-11-5-6-12(18)8-16(11)17/h5-6,8-9,15,21H,3-4,7,10H2,1-2H3. The van der Waals surface area contributed by atoms with E-state index in [0.29, 0.717) is 17.9 Å². The van der Waals surface area contributed by atoms with E-state index >= 15 is 0 Å². The number of hydrogen-bond acceptors (Lipinski definition) is 2. The average Bonchev–Trinajstić information content (AvgIpc) is 2.84. The molecule has 1 aromatic heterocycles. The minimum absolute atomic E-state index is 0.354. The van der Waals surface area contributed by atoms with Crippen molar-refractivity contribution in [1.82, 2.24) is 9.78 Å². The molecule has 2 rings (SSSR count). The van der Waals surface area contributed by atoms with Gasteiger partial charge in [-0.05, 0) is 37.1 Å². The second kappa shape index (κ2) is 7.05. The van der Waals surface area contributed by atoms with E-state index in [9.17, 15) is 9.50 Å². The third kappa shape index (κ3) is 4.05. The maximum Gasteiger partial charge on any atom is 0.124 e. The SMILES string of the molecule is CCc1cc(CC(O)Cc2ccc(F)cc2Cl)n(CC)n1. The van der Waals surface area contributed by atoms with Crippen LogP contribution in [-0.2, 0) is 25.8 Å². The third-order valence-corrected chi connectivity index (χ3v) is 3.84. The summed E-state index contributed by atoms with van der Waals surface area (Å²) in [4.78, 5) is 0. The fourth-order valence-corrected chi connectivity index (χ4v) is 2.62. The van der Waals surface area contributed by atoms with Crippen LogP contribution in [0.25, 0.3) is 0 Å². The van der Waals surface area contributed by atoms with Gasteiger partial charge in [0, 0.05) is 30.1 Å². The van der Waals surface area contributed by atoms with Crippen LogP contribution in [0.5, 0.6) is 0 Å². The van der Waals surface area contributed by atoms with Crippen molar-refractivity contribution < 1.29 is 9.50 Å². The van der Waals surface area contributed by atoms with Crippen LogP contribution in [0.2, 0.25) is 5.02 Å². The predicted molar refractivity (Wildman–Crippen MR) is 82.1 cm³/mol. The summed E-state index contributed by atoms with van der Waals surface area (Å²) in [6.07, 6.45) is 1.21. The van der Waals surface area contributed by atoms with Crippen LogP contribution in [0.1, 0.15) is 30.8 Å². The number of hydrogen-bond donors (Lipinski definition) is 1. The number of aromatic nitrogens is 2. The highest BCUT2D eigenvalue weighted by Crippen LogP contribution is 2.20. The zero-order chi connectivity index (χ0) is 15.4. The van der Waals surface area contributed by atoms with Gasteiger partial charge in [0.25, 0.3) is 0 Å². The Morgan fingerprint density at radius 3 is 2.67 bits per heavy atom. The normalized spacial score (nSPS) is 12.6. The van der Waals surface area contributed by atoms with E-state index in [0.717, 1.165) is 29.9 Å². The van der Waals surface area contributed by atoms with Crippen molar-refractivity contribution >= 4 is 11.6 Å². The monoisotopic (exact) mass is 310 g/mol. The van der Waals surface area contributed by atoms with E-state index in [4.69, 9.17) is 11.6 Å². The van der Waals surface area contributed by atoms with Crippen LogP contribution in [-0.4, -0.2) is 21.0 Å². The smallest absolute Gasteiger partial charge is 0.124 e. The first-order valence-electron chi connectivity index (χ1n) is 7.21. The van der Waals surface area contributed by atoms with Gasteiger partial charge in [0.05, 0.1) is 11.8 Å². The van der Waals surface area contributed by atoms with E-state index in [1.54, 1.807) is 6.07 Å². The summed E-state index contributed by atoms with van der Waals surface area (Å²) in [5.41, 5.74) is 2.79. The van der Waals surface area contributed by atoms with Gasteiger partial charge >= 0.3 is 0 Å². The first kappa shape index (κ1) is 16.0. The van der Waals surface area contributed by atoms with Crippen LogP contribution >= 0.6 is 11.6 Å². The molecule has 114 valence electrons. The van der Waals surface area contributed by atoms with E-state index in [1.807, 2.05) is 17.7 Å². The summed E-state index contributed by atoms with van der Waals surface area (Å²) in [6, 6.07) is 6.28. The molecule has 0 spiro atoms. The molecule has 1 N–H and O–H groups in total. The van der Waals surface area contributed by atoms with Crippen LogP contribution in [0.4, 0.5) is 4.39 Å². The summed E-state index contributed by atoms with van der Waals surface area (Å²) in [5, 5.41) is 15.1. The molecule has 3 nitrogen and oxygen atoms in total. The first-order valence-corrected chi connectivity index (χ1v) is 7.58. The molecule has 2 aromatic rings. The molecule has 0 fully saturated rings. The maximum absolute atomic E-state index is 13.0. The van der Waals surface area contributed by atoms with Gasteiger partial charge in [-0.2, -0.15) is 5.10 Å². The molecule has 0 radical (unpaired) electrons. The van der Waals surface area contributed by atoms with Crippen molar-refractivity contribution in [2.45, 2.75) is 45.8 Å². The van der Waals surface area contributed by atoms with Crippen molar-refractivity contribution in [3.05, 3.63) is 52.1 Å². The summed E-state index contributed by atoms with van der Waals surface area (Å²) >= 11 is 5.99. The first-order chi connectivity index (χ1) is 10.0. The Morgan fingerprint density at radius 1 is 1.29 bits per heavy atom. The molecule has 0 saturated heterocycles. The van der Waals surface area contributed by atoms with E-state index in [2.05, 4.69) is 12.0 Å². The number of aryl methyl sites for hydroxylation is 2. The predicted octanol–water partition coefficient (Wildman–Crippen LogP) is 3.40. The molecule has 1 unspecified atom stereocenters. The van der Waals surface area contributed by atoms with Gasteiger partial charge in [-0.3, -0.25) is 4.68 Å². The Morgan fingerprint density at radius 2 is 2.05 bits per heavy atom. The molecule has 0 amide bonds. The van der Waals surface area contributed by atoms with Crippen molar-refractivity contribution in [1.29, 1.82) is 0 Å². The van der Waals surface area contributed by atoms with Gasteiger partial charge in [0.15, 0.2) is 0 Å². The zero-order valence-corrected chi connectivity index (χ0v) is 13.1. The van der Waals surface area contributed by atoms with Crippen molar-refractivity contribution in [2.75, 3.05) is 0 Å². The molecule has 1 atom stereocenters. The number of benzene rings is 1. The number of aliphatic hydroxyl groups is 1. The Bertz CT molecular complexity index is 612.